The molecule has 0 atom stereocenters. The quantitative estimate of drug-likeness (QED) is 0.737. The standard InChI is InChI=1S/C22H23N5O/c1-16-14-20(26-22(24-16)18-8-10-23-11-9-18)25-19-6-4-17(5-7-19)15-21(28)27-12-2-3-13-27/h4-11,14H,2-3,12-13,15H2,1H3,(H,24,25,26). The minimum absolute atomic E-state index is 0.214. The Bertz CT molecular complexity index is 950. The van der Waals surface area contributed by atoms with E-state index in [0.29, 0.717) is 12.2 Å². The molecule has 3 heterocycles. The SMILES string of the molecule is Cc1cc(Nc2ccc(CC(=O)N3CCCC3)cc2)nc(-c2ccncc2)n1. The largest absolute Gasteiger partial charge is 0.342 e. The third-order valence-corrected chi connectivity index (χ3v) is 4.83. The van der Waals surface area contributed by atoms with Crippen molar-refractivity contribution in [2.75, 3.05) is 18.4 Å². The summed E-state index contributed by atoms with van der Waals surface area (Å²) in [6.07, 6.45) is 6.16. The Hall–Kier alpha value is -3.28. The smallest absolute Gasteiger partial charge is 0.226 e. The molecular formula is C22H23N5O. The Labute approximate surface area is 164 Å². The third kappa shape index (κ3) is 4.34. The maximum atomic E-state index is 12.3. The molecule has 0 bridgehead atoms. The number of rotatable bonds is 5. The molecule has 0 spiro atoms. The van der Waals surface area contributed by atoms with Crippen LogP contribution in [0.1, 0.15) is 24.1 Å². The molecule has 1 fully saturated rings. The summed E-state index contributed by atoms with van der Waals surface area (Å²) in [7, 11) is 0. The Morgan fingerprint density at radius 2 is 1.75 bits per heavy atom. The van der Waals surface area contributed by atoms with E-state index in [1.807, 2.05) is 54.3 Å². The molecule has 0 radical (unpaired) electrons. The minimum Gasteiger partial charge on any atom is -0.342 e. The second-order valence-electron chi connectivity index (χ2n) is 7.04. The van der Waals surface area contributed by atoms with E-state index in [0.717, 1.165) is 54.3 Å². The summed E-state index contributed by atoms with van der Waals surface area (Å²) in [6, 6.07) is 13.7. The molecule has 142 valence electrons. The average molecular weight is 373 g/mol. The van der Waals surface area contributed by atoms with Crippen LogP contribution in [0.25, 0.3) is 11.4 Å². The summed E-state index contributed by atoms with van der Waals surface area (Å²) in [4.78, 5) is 27.4. The second kappa shape index (κ2) is 8.17. The number of carbonyl (C=O) groups is 1. The van der Waals surface area contributed by atoms with Crippen LogP contribution >= 0.6 is 0 Å². The van der Waals surface area contributed by atoms with Gasteiger partial charge in [0, 0.05) is 48.5 Å². The molecule has 0 aliphatic carbocycles. The van der Waals surface area contributed by atoms with Crippen LogP contribution in [-0.4, -0.2) is 38.8 Å². The van der Waals surface area contributed by atoms with Gasteiger partial charge < -0.3 is 10.2 Å². The molecule has 2 aromatic heterocycles. The van der Waals surface area contributed by atoms with Gasteiger partial charge in [0.25, 0.3) is 0 Å². The normalized spacial score (nSPS) is 13.5. The van der Waals surface area contributed by atoms with E-state index in [1.165, 1.54) is 0 Å². The van der Waals surface area contributed by atoms with Crippen LogP contribution in [0.2, 0.25) is 0 Å². The van der Waals surface area contributed by atoms with E-state index in [9.17, 15) is 4.79 Å². The highest BCUT2D eigenvalue weighted by Crippen LogP contribution is 2.21. The number of hydrogen-bond donors (Lipinski definition) is 1. The first-order valence-electron chi connectivity index (χ1n) is 9.57. The molecular weight excluding hydrogens is 350 g/mol. The molecule has 3 aromatic rings. The van der Waals surface area contributed by atoms with Crippen LogP contribution in [0.5, 0.6) is 0 Å². The van der Waals surface area contributed by atoms with Crippen molar-refractivity contribution in [1.29, 1.82) is 0 Å². The van der Waals surface area contributed by atoms with E-state index in [4.69, 9.17) is 0 Å². The van der Waals surface area contributed by atoms with Crippen molar-refractivity contribution in [3.63, 3.8) is 0 Å². The number of aromatic nitrogens is 3. The number of nitrogens with zero attached hydrogens (tertiary/aromatic N) is 4. The lowest BCUT2D eigenvalue weighted by Gasteiger charge is -2.15. The zero-order valence-electron chi connectivity index (χ0n) is 15.9. The number of carbonyl (C=O) groups excluding carboxylic acids is 1. The summed E-state index contributed by atoms with van der Waals surface area (Å²) < 4.78 is 0. The number of aryl methyl sites for hydroxylation is 1. The van der Waals surface area contributed by atoms with Crippen molar-refractivity contribution in [1.82, 2.24) is 19.9 Å². The van der Waals surface area contributed by atoms with E-state index >= 15 is 0 Å². The van der Waals surface area contributed by atoms with E-state index < -0.39 is 0 Å². The van der Waals surface area contributed by atoms with Gasteiger partial charge in [0.05, 0.1) is 6.42 Å². The lowest BCUT2D eigenvalue weighted by Crippen LogP contribution is -2.29. The molecule has 0 saturated carbocycles. The fourth-order valence-electron chi connectivity index (χ4n) is 3.37. The Balaban J connectivity index is 1.45. The van der Waals surface area contributed by atoms with Crippen molar-refractivity contribution in [3.8, 4) is 11.4 Å². The molecule has 28 heavy (non-hydrogen) atoms. The van der Waals surface area contributed by atoms with Gasteiger partial charge in [-0.25, -0.2) is 9.97 Å². The van der Waals surface area contributed by atoms with Crippen LogP contribution in [0, 0.1) is 6.92 Å². The number of benzene rings is 1. The molecule has 4 rings (SSSR count). The number of nitrogens with one attached hydrogen (secondary N) is 1. The number of pyridine rings is 1. The van der Waals surface area contributed by atoms with Crippen molar-refractivity contribution in [2.24, 2.45) is 0 Å². The molecule has 1 N–H and O–H groups in total. The zero-order chi connectivity index (χ0) is 19.3. The lowest BCUT2D eigenvalue weighted by atomic mass is 10.1. The fourth-order valence-corrected chi connectivity index (χ4v) is 3.37. The third-order valence-electron chi connectivity index (χ3n) is 4.83. The van der Waals surface area contributed by atoms with Crippen LogP contribution in [0.4, 0.5) is 11.5 Å². The predicted octanol–water partition coefficient (Wildman–Crippen LogP) is 3.76. The summed E-state index contributed by atoms with van der Waals surface area (Å²) in [5.74, 6) is 1.62. The van der Waals surface area contributed by atoms with Gasteiger partial charge in [0.1, 0.15) is 5.82 Å². The zero-order valence-corrected chi connectivity index (χ0v) is 15.9. The van der Waals surface area contributed by atoms with E-state index in [1.54, 1.807) is 12.4 Å². The number of amides is 1. The number of anilines is 2. The monoisotopic (exact) mass is 373 g/mol. The molecule has 1 amide bonds. The second-order valence-corrected chi connectivity index (χ2v) is 7.04. The summed E-state index contributed by atoms with van der Waals surface area (Å²) in [5, 5.41) is 3.33. The van der Waals surface area contributed by atoms with Crippen molar-refractivity contribution >= 4 is 17.4 Å². The van der Waals surface area contributed by atoms with Crippen molar-refractivity contribution < 1.29 is 4.79 Å². The Kier molecular flexibility index (Phi) is 5.28. The van der Waals surface area contributed by atoms with Gasteiger partial charge in [-0.15, -0.1) is 0 Å². The molecule has 6 nitrogen and oxygen atoms in total. The van der Waals surface area contributed by atoms with Crippen LogP contribution in [0.3, 0.4) is 0 Å². The average Bonchev–Trinajstić information content (AvgIpc) is 3.25. The maximum absolute atomic E-state index is 12.3. The van der Waals surface area contributed by atoms with Gasteiger partial charge in [-0.3, -0.25) is 9.78 Å². The van der Waals surface area contributed by atoms with Crippen LogP contribution in [0.15, 0.2) is 54.9 Å². The maximum Gasteiger partial charge on any atom is 0.226 e. The molecule has 1 aromatic carbocycles. The summed E-state index contributed by atoms with van der Waals surface area (Å²) in [5.41, 5.74) is 3.77. The predicted molar refractivity (Wildman–Crippen MR) is 109 cm³/mol. The van der Waals surface area contributed by atoms with Gasteiger partial charge in [0.15, 0.2) is 5.82 Å². The summed E-state index contributed by atoms with van der Waals surface area (Å²) >= 11 is 0. The minimum atomic E-state index is 0.214. The van der Waals surface area contributed by atoms with Gasteiger partial charge in [0.2, 0.25) is 5.91 Å². The molecule has 6 heteroatoms. The Morgan fingerprint density at radius 1 is 1.04 bits per heavy atom. The van der Waals surface area contributed by atoms with Gasteiger partial charge in [-0.05, 0) is 49.6 Å². The topological polar surface area (TPSA) is 71.0 Å². The fraction of sp³-hybridized carbons (Fsp3) is 0.273. The van der Waals surface area contributed by atoms with Gasteiger partial charge >= 0.3 is 0 Å². The first kappa shape index (κ1) is 18.1. The first-order chi connectivity index (χ1) is 13.7. The van der Waals surface area contributed by atoms with Crippen LogP contribution in [-0.2, 0) is 11.2 Å². The molecule has 1 saturated heterocycles. The number of hydrogen-bond acceptors (Lipinski definition) is 5. The van der Waals surface area contributed by atoms with Gasteiger partial charge in [-0.1, -0.05) is 12.1 Å². The van der Waals surface area contributed by atoms with Crippen molar-refractivity contribution in [3.05, 3.63) is 66.1 Å². The number of likely N-dealkylation sites (tertiary alicyclic amines) is 1. The first-order valence-corrected chi connectivity index (χ1v) is 9.57. The Morgan fingerprint density at radius 3 is 2.46 bits per heavy atom. The molecule has 1 aliphatic rings. The van der Waals surface area contributed by atoms with Crippen molar-refractivity contribution in [2.45, 2.75) is 26.2 Å². The highest BCUT2D eigenvalue weighted by atomic mass is 16.2. The highest BCUT2D eigenvalue weighted by Gasteiger charge is 2.17. The van der Waals surface area contributed by atoms with E-state index in [-0.39, 0.29) is 5.91 Å². The van der Waals surface area contributed by atoms with E-state index in [2.05, 4.69) is 20.3 Å². The lowest BCUT2D eigenvalue weighted by molar-refractivity contribution is -0.129. The molecule has 1 aliphatic heterocycles. The summed E-state index contributed by atoms with van der Waals surface area (Å²) in [6.45, 7) is 3.74. The van der Waals surface area contributed by atoms with Gasteiger partial charge in [-0.2, -0.15) is 0 Å². The highest BCUT2D eigenvalue weighted by molar-refractivity contribution is 5.79. The molecule has 0 unspecified atom stereocenters. The van der Waals surface area contributed by atoms with Crippen LogP contribution < -0.4 is 5.32 Å².